The van der Waals surface area contributed by atoms with Gasteiger partial charge in [0.05, 0.1) is 0 Å². The first-order valence-corrected chi connectivity index (χ1v) is 7.82. The number of likely N-dealkylation sites (tertiary alicyclic amines) is 1. The molecule has 0 spiro atoms. The predicted molar refractivity (Wildman–Crippen MR) is 78.6 cm³/mol. The van der Waals surface area contributed by atoms with Crippen LogP contribution in [-0.4, -0.2) is 41.6 Å². The molecule has 1 fully saturated rings. The van der Waals surface area contributed by atoms with Crippen molar-refractivity contribution in [3.05, 3.63) is 11.6 Å². The van der Waals surface area contributed by atoms with Gasteiger partial charge in [-0.2, -0.15) is 0 Å². The van der Waals surface area contributed by atoms with E-state index in [4.69, 9.17) is 0 Å². The van der Waals surface area contributed by atoms with Crippen molar-refractivity contribution >= 4 is 22.5 Å². The Hall–Kier alpha value is -1.14. The van der Waals surface area contributed by atoms with E-state index < -0.39 is 0 Å². The molecule has 0 radical (unpaired) electrons. The number of urea groups is 1. The largest absolute Gasteiger partial charge is 0.338 e. The summed E-state index contributed by atoms with van der Waals surface area (Å²) in [5.74, 6) is 0. The SMILES string of the molecule is CC1CCCCN1CCCNC(=O)Nc1nccs1. The minimum absolute atomic E-state index is 0.165. The number of amides is 2. The summed E-state index contributed by atoms with van der Waals surface area (Å²) in [4.78, 5) is 18.1. The quantitative estimate of drug-likeness (QED) is 0.816. The zero-order valence-corrected chi connectivity index (χ0v) is 12.2. The van der Waals surface area contributed by atoms with Crippen molar-refractivity contribution in [2.75, 3.05) is 25.0 Å². The van der Waals surface area contributed by atoms with E-state index >= 15 is 0 Å². The second kappa shape index (κ2) is 7.45. The summed E-state index contributed by atoms with van der Waals surface area (Å²) >= 11 is 1.42. The maximum atomic E-state index is 11.6. The second-order valence-corrected chi connectivity index (χ2v) is 5.85. The van der Waals surface area contributed by atoms with E-state index in [-0.39, 0.29) is 6.03 Å². The molecule has 2 heterocycles. The van der Waals surface area contributed by atoms with Gasteiger partial charge >= 0.3 is 6.03 Å². The van der Waals surface area contributed by atoms with Gasteiger partial charge in [-0.1, -0.05) is 6.42 Å². The number of carbonyl (C=O) groups excluding carboxylic acids is 1. The standard InChI is InChI=1S/C13H22N4OS/c1-11-5-2-3-8-17(11)9-4-6-14-12(18)16-13-15-7-10-19-13/h7,10-11H,2-6,8-9H2,1H3,(H2,14,15,16,18). The molecule has 1 aliphatic rings. The Balaban J connectivity index is 1.57. The van der Waals surface area contributed by atoms with Gasteiger partial charge in [-0.3, -0.25) is 5.32 Å². The third-order valence-electron chi connectivity index (χ3n) is 3.50. The zero-order valence-electron chi connectivity index (χ0n) is 11.4. The van der Waals surface area contributed by atoms with Crippen LogP contribution >= 0.6 is 11.3 Å². The van der Waals surface area contributed by atoms with Gasteiger partial charge in [-0.15, -0.1) is 11.3 Å². The topological polar surface area (TPSA) is 57.3 Å². The lowest BCUT2D eigenvalue weighted by molar-refractivity contribution is 0.159. The van der Waals surface area contributed by atoms with Crippen LogP contribution in [0.4, 0.5) is 9.93 Å². The van der Waals surface area contributed by atoms with Crippen molar-refractivity contribution in [1.82, 2.24) is 15.2 Å². The van der Waals surface area contributed by atoms with E-state index in [1.165, 1.54) is 37.1 Å². The molecule has 6 heteroatoms. The first kappa shape index (κ1) is 14.3. The van der Waals surface area contributed by atoms with Crippen LogP contribution in [0.25, 0.3) is 0 Å². The summed E-state index contributed by atoms with van der Waals surface area (Å²) in [5, 5.41) is 8.06. The van der Waals surface area contributed by atoms with Gasteiger partial charge in [0.15, 0.2) is 5.13 Å². The van der Waals surface area contributed by atoms with Gasteiger partial charge < -0.3 is 10.2 Å². The Labute approximate surface area is 118 Å². The van der Waals surface area contributed by atoms with Gasteiger partial charge in [0, 0.05) is 30.7 Å². The molecule has 106 valence electrons. The molecule has 2 rings (SSSR count). The van der Waals surface area contributed by atoms with Crippen molar-refractivity contribution in [3.63, 3.8) is 0 Å². The lowest BCUT2D eigenvalue weighted by atomic mass is 10.0. The third-order valence-corrected chi connectivity index (χ3v) is 4.19. The molecular weight excluding hydrogens is 260 g/mol. The maximum Gasteiger partial charge on any atom is 0.321 e. The number of piperidine rings is 1. The molecule has 0 saturated carbocycles. The highest BCUT2D eigenvalue weighted by molar-refractivity contribution is 7.13. The van der Waals surface area contributed by atoms with Crippen LogP contribution in [-0.2, 0) is 0 Å². The van der Waals surface area contributed by atoms with Crippen LogP contribution < -0.4 is 10.6 Å². The lowest BCUT2D eigenvalue weighted by Gasteiger charge is -2.33. The number of nitrogens with one attached hydrogen (secondary N) is 2. The van der Waals surface area contributed by atoms with Crippen molar-refractivity contribution in [1.29, 1.82) is 0 Å². The minimum atomic E-state index is -0.165. The Bertz CT molecular complexity index is 382. The van der Waals surface area contributed by atoms with Crippen molar-refractivity contribution in [3.8, 4) is 0 Å². The number of hydrogen-bond acceptors (Lipinski definition) is 4. The fourth-order valence-corrected chi connectivity index (χ4v) is 2.92. The highest BCUT2D eigenvalue weighted by Gasteiger charge is 2.17. The summed E-state index contributed by atoms with van der Waals surface area (Å²) in [7, 11) is 0. The van der Waals surface area contributed by atoms with Gasteiger partial charge in [0.25, 0.3) is 0 Å². The van der Waals surface area contributed by atoms with Crippen LogP contribution in [0.1, 0.15) is 32.6 Å². The molecule has 0 bridgehead atoms. The highest BCUT2D eigenvalue weighted by atomic mass is 32.1. The van der Waals surface area contributed by atoms with Crippen LogP contribution in [0, 0.1) is 0 Å². The molecule has 0 aliphatic carbocycles. The molecule has 5 nitrogen and oxygen atoms in total. The molecule has 1 aromatic rings. The number of anilines is 1. The molecule has 2 amide bonds. The molecular formula is C13H22N4OS. The van der Waals surface area contributed by atoms with Crippen LogP contribution in [0.15, 0.2) is 11.6 Å². The number of nitrogens with zero attached hydrogens (tertiary/aromatic N) is 2. The Morgan fingerprint density at radius 1 is 1.58 bits per heavy atom. The van der Waals surface area contributed by atoms with Crippen LogP contribution in [0.3, 0.4) is 0 Å². The molecule has 1 unspecified atom stereocenters. The van der Waals surface area contributed by atoms with E-state index in [0.717, 1.165) is 13.0 Å². The van der Waals surface area contributed by atoms with E-state index in [9.17, 15) is 4.79 Å². The lowest BCUT2D eigenvalue weighted by Crippen LogP contribution is -2.39. The normalized spacial score (nSPS) is 20.2. The van der Waals surface area contributed by atoms with Crippen LogP contribution in [0.2, 0.25) is 0 Å². The van der Waals surface area contributed by atoms with Gasteiger partial charge in [-0.05, 0) is 32.7 Å². The molecule has 0 aromatic carbocycles. The Morgan fingerprint density at radius 3 is 3.21 bits per heavy atom. The van der Waals surface area contributed by atoms with Crippen molar-refractivity contribution < 1.29 is 4.79 Å². The molecule has 2 N–H and O–H groups in total. The first-order chi connectivity index (χ1) is 9.25. The summed E-state index contributed by atoms with van der Waals surface area (Å²) < 4.78 is 0. The number of thiazole rings is 1. The van der Waals surface area contributed by atoms with Gasteiger partial charge in [-0.25, -0.2) is 9.78 Å². The molecule has 1 saturated heterocycles. The summed E-state index contributed by atoms with van der Waals surface area (Å²) in [6.07, 6.45) is 6.64. The third kappa shape index (κ3) is 4.80. The van der Waals surface area contributed by atoms with Gasteiger partial charge in [0.1, 0.15) is 0 Å². The summed E-state index contributed by atoms with van der Waals surface area (Å²) in [6, 6.07) is 0.527. The van der Waals surface area contributed by atoms with E-state index in [2.05, 4.69) is 27.4 Å². The Kier molecular flexibility index (Phi) is 5.60. The predicted octanol–water partition coefficient (Wildman–Crippen LogP) is 2.53. The summed E-state index contributed by atoms with van der Waals surface area (Å²) in [6.45, 7) is 5.27. The highest BCUT2D eigenvalue weighted by Crippen LogP contribution is 2.16. The Morgan fingerprint density at radius 2 is 2.47 bits per heavy atom. The zero-order chi connectivity index (χ0) is 13.5. The minimum Gasteiger partial charge on any atom is -0.338 e. The number of carbonyl (C=O) groups is 1. The van der Waals surface area contributed by atoms with Gasteiger partial charge in [0.2, 0.25) is 0 Å². The molecule has 1 atom stereocenters. The number of hydrogen-bond donors (Lipinski definition) is 2. The smallest absolute Gasteiger partial charge is 0.321 e. The van der Waals surface area contributed by atoms with Crippen molar-refractivity contribution in [2.24, 2.45) is 0 Å². The average Bonchev–Trinajstić information content (AvgIpc) is 2.89. The fourth-order valence-electron chi connectivity index (χ4n) is 2.40. The van der Waals surface area contributed by atoms with E-state index in [0.29, 0.717) is 17.7 Å². The summed E-state index contributed by atoms with van der Waals surface area (Å²) in [5.41, 5.74) is 0. The van der Waals surface area contributed by atoms with Crippen LogP contribution in [0.5, 0.6) is 0 Å². The molecule has 1 aliphatic heterocycles. The molecule has 19 heavy (non-hydrogen) atoms. The second-order valence-electron chi connectivity index (χ2n) is 4.95. The monoisotopic (exact) mass is 282 g/mol. The van der Waals surface area contributed by atoms with E-state index in [1.807, 2.05) is 5.38 Å². The first-order valence-electron chi connectivity index (χ1n) is 6.94. The van der Waals surface area contributed by atoms with E-state index in [1.54, 1.807) is 6.20 Å². The maximum absolute atomic E-state index is 11.6. The molecule has 1 aromatic heterocycles. The number of aromatic nitrogens is 1. The van der Waals surface area contributed by atoms with Crippen molar-refractivity contribution in [2.45, 2.75) is 38.6 Å². The fraction of sp³-hybridized carbons (Fsp3) is 0.692. The average molecular weight is 282 g/mol. The number of rotatable bonds is 5.